The molecule has 1 fully saturated rings. The lowest BCUT2D eigenvalue weighted by molar-refractivity contribution is 0.0282. The molecule has 0 heterocycles. The van der Waals surface area contributed by atoms with Crippen molar-refractivity contribution in [2.45, 2.75) is 37.8 Å². The molecule has 66 valence electrons. The fraction of sp³-hybridized carbons (Fsp3) is 1.00. The monoisotopic (exact) mass is 269 g/mol. The molecule has 0 aromatic carbocycles. The molecule has 1 rings (SSSR count). The molecule has 0 aliphatic heterocycles. The van der Waals surface area contributed by atoms with E-state index in [-0.39, 0.29) is 0 Å². The minimum atomic E-state index is 0.464. The zero-order valence-corrected chi connectivity index (χ0v) is 9.37. The van der Waals surface area contributed by atoms with Crippen LogP contribution in [0, 0.1) is 0 Å². The normalized spacial score (nSPS) is 32.7. The minimum Gasteiger partial charge on any atom is -0.380 e. The first kappa shape index (κ1) is 9.74. The van der Waals surface area contributed by atoms with Gasteiger partial charge in [0.15, 0.2) is 0 Å². The molecule has 3 heteroatoms. The summed E-state index contributed by atoms with van der Waals surface area (Å²) in [6, 6.07) is 0.634. The van der Waals surface area contributed by atoms with Crippen molar-refractivity contribution in [3.8, 4) is 0 Å². The van der Waals surface area contributed by atoms with Gasteiger partial charge in [-0.05, 0) is 19.9 Å². The van der Waals surface area contributed by atoms with E-state index < -0.39 is 0 Å². The van der Waals surface area contributed by atoms with Crippen LogP contribution in [0.2, 0.25) is 0 Å². The van der Waals surface area contributed by atoms with E-state index in [1.807, 2.05) is 7.11 Å². The number of likely N-dealkylation sites (N-methyl/N-ethyl adjacent to an activating group) is 1. The Labute approximate surface area is 82.8 Å². The number of rotatable bonds is 2. The number of hydrogen-bond donors (Lipinski definition) is 0. The first-order chi connectivity index (χ1) is 5.25. The molecule has 1 unspecified atom stereocenters. The molecule has 0 aromatic rings. The molecule has 11 heavy (non-hydrogen) atoms. The zero-order chi connectivity index (χ0) is 8.27. The smallest absolute Gasteiger partial charge is 0.0734 e. The van der Waals surface area contributed by atoms with Gasteiger partial charge in [-0.25, -0.2) is 3.11 Å². The Balaban J connectivity index is 2.44. The largest absolute Gasteiger partial charge is 0.380 e. The minimum absolute atomic E-state index is 0.464. The van der Waals surface area contributed by atoms with Crippen molar-refractivity contribution < 1.29 is 4.74 Å². The molecular formula is C8H16INO. The predicted molar refractivity (Wildman–Crippen MR) is 54.8 cm³/mol. The van der Waals surface area contributed by atoms with E-state index in [0.717, 1.165) is 0 Å². The van der Waals surface area contributed by atoms with Gasteiger partial charge < -0.3 is 4.74 Å². The second-order valence-corrected chi connectivity index (χ2v) is 4.67. The number of nitrogens with zero attached hydrogens (tertiary/aromatic N) is 1. The summed E-state index contributed by atoms with van der Waals surface area (Å²) in [7, 11) is 3.95. The third-order valence-electron chi connectivity index (χ3n) is 2.43. The fourth-order valence-corrected chi connectivity index (χ4v) is 2.40. The summed E-state index contributed by atoms with van der Waals surface area (Å²) < 4.78 is 7.67. The van der Waals surface area contributed by atoms with Crippen LogP contribution in [0.25, 0.3) is 0 Å². The quantitative estimate of drug-likeness (QED) is 0.563. The molecule has 1 saturated carbocycles. The summed E-state index contributed by atoms with van der Waals surface area (Å²) in [5, 5.41) is 0. The maximum atomic E-state index is 5.42. The lowest BCUT2D eigenvalue weighted by atomic mass is 9.93. The molecule has 2 nitrogen and oxygen atoms in total. The third kappa shape index (κ3) is 2.56. The SMILES string of the molecule is COC1CCCC[C@H]1N(C)I. The molecule has 0 bridgehead atoms. The van der Waals surface area contributed by atoms with E-state index in [4.69, 9.17) is 4.74 Å². The van der Waals surface area contributed by atoms with Gasteiger partial charge in [0.2, 0.25) is 0 Å². The average molecular weight is 269 g/mol. The van der Waals surface area contributed by atoms with Crippen LogP contribution in [-0.2, 0) is 4.74 Å². The molecular weight excluding hydrogens is 253 g/mol. The van der Waals surface area contributed by atoms with Crippen LogP contribution < -0.4 is 0 Å². The van der Waals surface area contributed by atoms with E-state index in [1.165, 1.54) is 25.7 Å². The Kier molecular flexibility index (Phi) is 4.09. The van der Waals surface area contributed by atoms with Gasteiger partial charge in [0, 0.05) is 36.0 Å². The van der Waals surface area contributed by atoms with Gasteiger partial charge in [0.1, 0.15) is 0 Å². The van der Waals surface area contributed by atoms with Crippen LogP contribution in [0.4, 0.5) is 0 Å². The van der Waals surface area contributed by atoms with Crippen molar-refractivity contribution in [2.75, 3.05) is 14.2 Å². The van der Waals surface area contributed by atoms with Crippen LogP contribution in [0.15, 0.2) is 0 Å². The highest BCUT2D eigenvalue weighted by Gasteiger charge is 2.26. The van der Waals surface area contributed by atoms with Gasteiger partial charge in [-0.2, -0.15) is 0 Å². The van der Waals surface area contributed by atoms with Crippen LogP contribution in [0.5, 0.6) is 0 Å². The number of halogens is 1. The molecule has 0 saturated heterocycles. The average Bonchev–Trinajstić information content (AvgIpc) is 2.04. The van der Waals surface area contributed by atoms with Gasteiger partial charge in [-0.1, -0.05) is 12.8 Å². The Hall–Kier alpha value is 0.650. The summed E-state index contributed by atoms with van der Waals surface area (Å²) in [6.45, 7) is 0. The molecule has 2 atom stereocenters. The molecule has 1 aliphatic carbocycles. The van der Waals surface area contributed by atoms with Crippen molar-refractivity contribution in [1.29, 1.82) is 0 Å². The maximum Gasteiger partial charge on any atom is 0.0734 e. The van der Waals surface area contributed by atoms with Crippen LogP contribution >= 0.6 is 22.9 Å². The van der Waals surface area contributed by atoms with Gasteiger partial charge in [0.05, 0.1) is 6.10 Å². The number of methoxy groups -OCH3 is 1. The highest BCUT2D eigenvalue weighted by atomic mass is 127. The molecule has 0 aromatic heterocycles. The zero-order valence-electron chi connectivity index (χ0n) is 7.22. The summed E-state index contributed by atoms with van der Waals surface area (Å²) >= 11 is 2.35. The Morgan fingerprint density at radius 3 is 2.45 bits per heavy atom. The molecule has 0 radical (unpaired) electrons. The standard InChI is InChI=1S/C8H16INO/c1-10(9)7-5-3-4-6-8(7)11-2/h7-8H,3-6H2,1-2H3/t7-,8?/m1/s1. The van der Waals surface area contributed by atoms with Crippen molar-refractivity contribution in [3.63, 3.8) is 0 Å². The van der Waals surface area contributed by atoms with Crippen LogP contribution in [-0.4, -0.2) is 29.4 Å². The Morgan fingerprint density at radius 2 is 2.00 bits per heavy atom. The first-order valence-electron chi connectivity index (χ1n) is 4.17. The highest BCUT2D eigenvalue weighted by molar-refractivity contribution is 14.1. The molecule has 0 spiro atoms. The molecule has 1 aliphatic rings. The predicted octanol–water partition coefficient (Wildman–Crippen LogP) is 2.23. The Bertz CT molecular complexity index is 119. The summed E-state index contributed by atoms with van der Waals surface area (Å²) in [6.07, 6.45) is 5.68. The van der Waals surface area contributed by atoms with E-state index in [2.05, 4.69) is 33.0 Å². The maximum absolute atomic E-state index is 5.42. The third-order valence-corrected chi connectivity index (χ3v) is 3.14. The first-order valence-corrected chi connectivity index (χ1v) is 5.13. The van der Waals surface area contributed by atoms with Gasteiger partial charge in [-0.3, -0.25) is 0 Å². The molecule has 0 N–H and O–H groups in total. The van der Waals surface area contributed by atoms with Gasteiger partial charge >= 0.3 is 0 Å². The van der Waals surface area contributed by atoms with Crippen molar-refractivity contribution in [2.24, 2.45) is 0 Å². The number of ether oxygens (including phenoxy) is 1. The summed E-state index contributed by atoms with van der Waals surface area (Å²) in [4.78, 5) is 0. The van der Waals surface area contributed by atoms with Gasteiger partial charge in [0.25, 0.3) is 0 Å². The lowest BCUT2D eigenvalue weighted by Gasteiger charge is -2.33. The topological polar surface area (TPSA) is 12.5 Å². The summed E-state index contributed by atoms with van der Waals surface area (Å²) in [5.74, 6) is 0. The van der Waals surface area contributed by atoms with E-state index >= 15 is 0 Å². The van der Waals surface area contributed by atoms with Crippen molar-refractivity contribution in [3.05, 3.63) is 0 Å². The molecule has 0 amide bonds. The number of hydrogen-bond acceptors (Lipinski definition) is 2. The second-order valence-electron chi connectivity index (χ2n) is 3.15. The highest BCUT2D eigenvalue weighted by Crippen LogP contribution is 2.25. The summed E-state index contributed by atoms with van der Waals surface area (Å²) in [5.41, 5.74) is 0. The van der Waals surface area contributed by atoms with E-state index in [9.17, 15) is 0 Å². The van der Waals surface area contributed by atoms with Crippen LogP contribution in [0.3, 0.4) is 0 Å². The van der Waals surface area contributed by atoms with Crippen molar-refractivity contribution >= 4 is 22.9 Å². The van der Waals surface area contributed by atoms with Crippen LogP contribution in [0.1, 0.15) is 25.7 Å². The fourth-order valence-electron chi connectivity index (χ4n) is 1.76. The second kappa shape index (κ2) is 4.62. The van der Waals surface area contributed by atoms with E-state index in [1.54, 1.807) is 0 Å². The lowest BCUT2D eigenvalue weighted by Crippen LogP contribution is -2.39. The van der Waals surface area contributed by atoms with Gasteiger partial charge in [-0.15, -0.1) is 0 Å². The van der Waals surface area contributed by atoms with Crippen molar-refractivity contribution in [1.82, 2.24) is 3.11 Å². The Morgan fingerprint density at radius 1 is 1.36 bits per heavy atom. The van der Waals surface area contributed by atoms with E-state index in [0.29, 0.717) is 12.1 Å².